The lowest BCUT2D eigenvalue weighted by atomic mass is 9.71. The zero-order valence-corrected chi connectivity index (χ0v) is 19.7. The van der Waals surface area contributed by atoms with Gasteiger partial charge in [-0.2, -0.15) is 0 Å². The van der Waals surface area contributed by atoms with Crippen molar-refractivity contribution in [3.63, 3.8) is 0 Å². The van der Waals surface area contributed by atoms with E-state index in [1.165, 1.54) is 10.4 Å². The van der Waals surface area contributed by atoms with Crippen LogP contribution in [0.1, 0.15) is 40.0 Å². The number of hydrogen-bond donors (Lipinski definition) is 0. The number of Topliss-reactive ketones (excluding diaryl/α,β-unsaturated/α-hetero) is 1. The molecule has 4 heteroatoms. The van der Waals surface area contributed by atoms with Crippen molar-refractivity contribution in [3.8, 4) is 0 Å². The van der Waals surface area contributed by atoms with E-state index in [2.05, 4.69) is 97.4 Å². The van der Waals surface area contributed by atoms with Gasteiger partial charge in [-0.3, -0.25) is 4.79 Å². The van der Waals surface area contributed by atoms with Crippen LogP contribution in [0.2, 0.25) is 5.04 Å². The highest BCUT2D eigenvalue weighted by atomic mass is 79.9. The van der Waals surface area contributed by atoms with Crippen molar-refractivity contribution >= 4 is 40.4 Å². The maximum Gasteiger partial charge on any atom is 0.261 e. The molecule has 1 saturated carbocycles. The quantitative estimate of drug-likeness (QED) is 0.413. The number of ketones is 1. The first-order chi connectivity index (χ1) is 13.4. The van der Waals surface area contributed by atoms with Gasteiger partial charge in [0.15, 0.2) is 0 Å². The lowest BCUT2D eigenvalue weighted by Crippen LogP contribution is -2.67. The van der Waals surface area contributed by atoms with Crippen LogP contribution in [0, 0.1) is 11.8 Å². The Morgan fingerprint density at radius 3 is 1.93 bits per heavy atom. The lowest BCUT2D eigenvalue weighted by molar-refractivity contribution is -0.128. The van der Waals surface area contributed by atoms with E-state index in [-0.39, 0.29) is 11.0 Å². The highest BCUT2D eigenvalue weighted by Crippen LogP contribution is 2.40. The van der Waals surface area contributed by atoms with Crippen LogP contribution >= 0.6 is 15.9 Å². The smallest absolute Gasteiger partial charge is 0.261 e. The predicted molar refractivity (Wildman–Crippen MR) is 123 cm³/mol. The molecule has 0 saturated heterocycles. The number of halogens is 1. The zero-order valence-electron chi connectivity index (χ0n) is 17.2. The van der Waals surface area contributed by atoms with Gasteiger partial charge in [0.1, 0.15) is 5.78 Å². The molecule has 28 heavy (non-hydrogen) atoms. The SMILES string of the molecule is CC(C)(C)[Si](OC[C@@H]1CC[C@H]1C(=O)CCBr)(c1ccccc1)c1ccccc1. The third-order valence-electron chi connectivity index (χ3n) is 6.10. The molecule has 2 aromatic rings. The van der Waals surface area contributed by atoms with Crippen LogP contribution in [-0.2, 0) is 9.22 Å². The van der Waals surface area contributed by atoms with Crippen LogP contribution in [0.25, 0.3) is 0 Å². The largest absolute Gasteiger partial charge is 0.407 e. The topological polar surface area (TPSA) is 26.3 Å². The van der Waals surface area contributed by atoms with E-state index in [0.717, 1.165) is 18.2 Å². The van der Waals surface area contributed by atoms with Gasteiger partial charge < -0.3 is 4.43 Å². The maximum absolute atomic E-state index is 12.4. The highest BCUT2D eigenvalue weighted by Gasteiger charge is 2.51. The van der Waals surface area contributed by atoms with Gasteiger partial charge in [0.25, 0.3) is 8.32 Å². The number of hydrogen-bond acceptors (Lipinski definition) is 2. The van der Waals surface area contributed by atoms with Gasteiger partial charge in [-0.15, -0.1) is 0 Å². The second-order valence-corrected chi connectivity index (χ2v) is 13.9. The van der Waals surface area contributed by atoms with Gasteiger partial charge >= 0.3 is 0 Å². The van der Waals surface area contributed by atoms with Gasteiger partial charge in [0.05, 0.1) is 0 Å². The number of benzene rings is 2. The summed E-state index contributed by atoms with van der Waals surface area (Å²) in [7, 11) is -2.50. The van der Waals surface area contributed by atoms with Crippen LogP contribution in [0.5, 0.6) is 0 Å². The normalized spacial score (nSPS) is 19.9. The van der Waals surface area contributed by atoms with Gasteiger partial charge in [0.2, 0.25) is 0 Å². The molecule has 0 amide bonds. The Morgan fingerprint density at radius 1 is 1.00 bits per heavy atom. The standard InChI is InChI=1S/C24H31BrO2Si/c1-24(2,3)28(20-10-6-4-7-11-20,21-12-8-5-9-13-21)27-18-19-14-15-22(19)23(26)16-17-25/h4-13,19,22H,14-18H2,1-3H3/t19-,22+/m0/s1. The number of alkyl halides is 1. The van der Waals surface area contributed by atoms with Gasteiger partial charge in [0, 0.05) is 24.3 Å². The minimum atomic E-state index is -2.50. The molecule has 0 N–H and O–H groups in total. The van der Waals surface area contributed by atoms with E-state index in [1.54, 1.807) is 0 Å². The average molecular weight is 460 g/mol. The number of carbonyl (C=O) groups is 1. The molecule has 0 unspecified atom stereocenters. The second kappa shape index (κ2) is 9.06. The summed E-state index contributed by atoms with van der Waals surface area (Å²) < 4.78 is 7.00. The van der Waals surface area contributed by atoms with Crippen molar-refractivity contribution in [2.45, 2.75) is 45.1 Å². The molecular weight excluding hydrogens is 428 g/mol. The van der Waals surface area contributed by atoms with Gasteiger partial charge in [-0.05, 0) is 34.2 Å². The Kier molecular flexibility index (Phi) is 6.95. The summed E-state index contributed by atoms with van der Waals surface area (Å²) in [6.07, 6.45) is 2.73. The highest BCUT2D eigenvalue weighted by molar-refractivity contribution is 9.09. The summed E-state index contributed by atoms with van der Waals surface area (Å²) in [5, 5.41) is 3.34. The minimum Gasteiger partial charge on any atom is -0.407 e. The van der Waals surface area contributed by atoms with Crippen molar-refractivity contribution in [2.24, 2.45) is 11.8 Å². The fraction of sp³-hybridized carbons (Fsp3) is 0.458. The van der Waals surface area contributed by atoms with E-state index in [9.17, 15) is 4.79 Å². The molecule has 3 rings (SSSR count). The Labute approximate surface area is 179 Å². The van der Waals surface area contributed by atoms with Gasteiger partial charge in [-0.25, -0.2) is 0 Å². The molecule has 0 heterocycles. The van der Waals surface area contributed by atoms with Crippen molar-refractivity contribution in [3.05, 3.63) is 60.7 Å². The summed E-state index contributed by atoms with van der Waals surface area (Å²) in [5.74, 6) is 0.920. The summed E-state index contributed by atoms with van der Waals surface area (Å²) >= 11 is 3.40. The molecule has 1 fully saturated rings. The first-order valence-electron chi connectivity index (χ1n) is 10.2. The fourth-order valence-electron chi connectivity index (χ4n) is 4.46. The summed E-state index contributed by atoms with van der Waals surface area (Å²) in [5.41, 5.74) is 0. The Morgan fingerprint density at radius 2 is 1.54 bits per heavy atom. The Balaban J connectivity index is 1.94. The van der Waals surface area contributed by atoms with Crippen molar-refractivity contribution in [1.29, 1.82) is 0 Å². The Bertz CT molecular complexity index is 731. The Hall–Kier alpha value is -1.23. The molecule has 2 aromatic carbocycles. The molecule has 2 nitrogen and oxygen atoms in total. The molecule has 150 valence electrons. The van der Waals surface area contributed by atoms with Crippen molar-refractivity contribution < 1.29 is 9.22 Å². The van der Waals surface area contributed by atoms with E-state index < -0.39 is 8.32 Å². The van der Waals surface area contributed by atoms with Crippen LogP contribution in [-0.4, -0.2) is 26.0 Å². The predicted octanol–water partition coefficient (Wildman–Crippen LogP) is 4.94. The van der Waals surface area contributed by atoms with Crippen molar-refractivity contribution in [1.82, 2.24) is 0 Å². The second-order valence-electron chi connectivity index (χ2n) is 8.82. The minimum absolute atomic E-state index is 0.0190. The molecular formula is C24H31BrO2Si. The van der Waals surface area contributed by atoms with E-state index in [0.29, 0.717) is 24.7 Å². The molecule has 2 atom stereocenters. The molecule has 0 aliphatic heterocycles. The van der Waals surface area contributed by atoms with Crippen LogP contribution in [0.3, 0.4) is 0 Å². The van der Waals surface area contributed by atoms with Gasteiger partial charge in [-0.1, -0.05) is 97.4 Å². The molecule has 0 spiro atoms. The first kappa shape index (κ1) is 21.5. The molecule has 1 aliphatic carbocycles. The zero-order chi connectivity index (χ0) is 20.2. The fourth-order valence-corrected chi connectivity index (χ4v) is 9.47. The molecule has 1 aliphatic rings. The van der Waals surface area contributed by atoms with E-state index >= 15 is 0 Å². The summed E-state index contributed by atoms with van der Waals surface area (Å²) in [6.45, 7) is 7.57. The maximum atomic E-state index is 12.4. The third kappa shape index (κ3) is 4.19. The first-order valence-corrected chi connectivity index (χ1v) is 13.3. The van der Waals surface area contributed by atoms with E-state index in [1.807, 2.05) is 0 Å². The summed E-state index contributed by atoms with van der Waals surface area (Å²) in [6, 6.07) is 21.5. The van der Waals surface area contributed by atoms with Crippen LogP contribution < -0.4 is 10.4 Å². The monoisotopic (exact) mass is 458 g/mol. The molecule has 0 aromatic heterocycles. The molecule has 0 radical (unpaired) electrons. The average Bonchev–Trinajstić information content (AvgIpc) is 2.65. The van der Waals surface area contributed by atoms with Crippen LogP contribution in [0.4, 0.5) is 0 Å². The number of rotatable bonds is 8. The van der Waals surface area contributed by atoms with Crippen LogP contribution in [0.15, 0.2) is 60.7 Å². The summed E-state index contributed by atoms with van der Waals surface area (Å²) in [4.78, 5) is 12.4. The van der Waals surface area contributed by atoms with E-state index in [4.69, 9.17) is 4.43 Å². The molecule has 0 bridgehead atoms. The van der Waals surface area contributed by atoms with Crippen molar-refractivity contribution in [2.75, 3.05) is 11.9 Å². The number of carbonyl (C=O) groups excluding carboxylic acids is 1. The third-order valence-corrected chi connectivity index (χ3v) is 11.5. The lowest BCUT2D eigenvalue weighted by Gasteiger charge is -2.45.